The first-order chi connectivity index (χ1) is 15.3. The van der Waals surface area contributed by atoms with Crippen molar-refractivity contribution in [3.05, 3.63) is 88.7 Å². The first-order valence-corrected chi connectivity index (χ1v) is 9.49. The van der Waals surface area contributed by atoms with Gasteiger partial charge in [0, 0.05) is 29.5 Å². The van der Waals surface area contributed by atoms with Crippen molar-refractivity contribution in [2.24, 2.45) is 0 Å². The minimum absolute atomic E-state index is 0.116. The van der Waals surface area contributed by atoms with Crippen LogP contribution in [0.25, 0.3) is 34.1 Å². The smallest absolute Gasteiger partial charge is 0.420 e. The van der Waals surface area contributed by atoms with E-state index in [1.165, 1.54) is 17.0 Å². The van der Waals surface area contributed by atoms with Gasteiger partial charge in [-0.3, -0.25) is 14.3 Å². The third-order valence-corrected chi connectivity index (χ3v) is 4.88. The molecule has 7 nitrogen and oxygen atoms in total. The Morgan fingerprint density at radius 1 is 1.00 bits per heavy atom. The van der Waals surface area contributed by atoms with Gasteiger partial charge in [0.15, 0.2) is 17.3 Å². The van der Waals surface area contributed by atoms with Crippen LogP contribution < -0.4 is 5.56 Å². The van der Waals surface area contributed by atoms with E-state index in [9.17, 15) is 18.0 Å². The van der Waals surface area contributed by atoms with Gasteiger partial charge in [-0.15, -0.1) is 0 Å². The molecule has 0 saturated heterocycles. The Balaban J connectivity index is 1.73. The molecule has 4 heterocycles. The lowest BCUT2D eigenvalue weighted by Crippen LogP contribution is -2.19. The van der Waals surface area contributed by atoms with Crippen LogP contribution in [0.4, 0.5) is 13.2 Å². The Hall–Kier alpha value is -4.21. The Labute approximate surface area is 178 Å². The number of hydrogen-bond acceptors (Lipinski definition) is 5. The van der Waals surface area contributed by atoms with Crippen molar-refractivity contribution < 1.29 is 17.6 Å². The standard InChI is InChI=1S/C22H14F3N5O2/c1-13-4-6-15(7-5-13)18-19(29-11-8-14-3-2-10-26-17(14)20(29)31)27-21(32-18)30-12-9-16(28-30)22(23,24)25/h2-12H,1H3. The minimum atomic E-state index is -4.61. The van der Waals surface area contributed by atoms with Gasteiger partial charge in [0.05, 0.1) is 0 Å². The topological polar surface area (TPSA) is 78.7 Å². The highest BCUT2D eigenvalue weighted by Gasteiger charge is 2.34. The molecule has 0 aliphatic carbocycles. The fourth-order valence-corrected chi connectivity index (χ4v) is 3.27. The Kier molecular flexibility index (Phi) is 4.43. The zero-order valence-corrected chi connectivity index (χ0v) is 16.5. The number of rotatable bonds is 3. The second-order valence-electron chi connectivity index (χ2n) is 7.09. The van der Waals surface area contributed by atoms with Crippen molar-refractivity contribution in [2.75, 3.05) is 0 Å². The van der Waals surface area contributed by atoms with E-state index in [1.54, 1.807) is 30.3 Å². The first kappa shape index (κ1) is 19.7. The molecule has 5 aromatic rings. The summed E-state index contributed by atoms with van der Waals surface area (Å²) in [6.07, 6.45) is -0.481. The van der Waals surface area contributed by atoms with Crippen molar-refractivity contribution in [1.82, 2.24) is 24.3 Å². The molecule has 160 valence electrons. The van der Waals surface area contributed by atoms with Crippen LogP contribution in [-0.2, 0) is 6.18 Å². The molecular weight excluding hydrogens is 423 g/mol. The van der Waals surface area contributed by atoms with E-state index in [0.717, 1.165) is 22.5 Å². The van der Waals surface area contributed by atoms with Crippen molar-refractivity contribution in [2.45, 2.75) is 13.1 Å². The zero-order valence-electron chi connectivity index (χ0n) is 16.5. The summed E-state index contributed by atoms with van der Waals surface area (Å²) in [5.74, 6) is 0.326. The second kappa shape index (κ2) is 7.19. The number of aryl methyl sites for hydroxylation is 1. The highest BCUT2D eigenvalue weighted by Crippen LogP contribution is 2.31. The van der Waals surface area contributed by atoms with E-state index in [1.807, 2.05) is 19.1 Å². The minimum Gasteiger partial charge on any atom is -0.420 e. The summed E-state index contributed by atoms with van der Waals surface area (Å²) >= 11 is 0. The van der Waals surface area contributed by atoms with E-state index in [0.29, 0.717) is 10.9 Å². The molecule has 32 heavy (non-hydrogen) atoms. The van der Waals surface area contributed by atoms with Gasteiger partial charge in [0.25, 0.3) is 5.56 Å². The number of oxazole rings is 1. The summed E-state index contributed by atoms with van der Waals surface area (Å²) in [6, 6.07) is 13.0. The second-order valence-corrected chi connectivity index (χ2v) is 7.09. The molecule has 4 aromatic heterocycles. The molecule has 0 atom stereocenters. The van der Waals surface area contributed by atoms with Crippen molar-refractivity contribution in [3.63, 3.8) is 0 Å². The maximum atomic E-state index is 13.1. The molecule has 0 unspecified atom stereocenters. The molecule has 0 saturated carbocycles. The molecule has 0 N–H and O–H groups in total. The summed E-state index contributed by atoms with van der Waals surface area (Å²) in [5, 5.41) is 4.17. The molecular formula is C22H14F3N5O2. The van der Waals surface area contributed by atoms with E-state index < -0.39 is 17.4 Å². The number of fused-ring (bicyclic) bond motifs is 1. The Bertz CT molecular complexity index is 1500. The molecule has 10 heteroatoms. The highest BCUT2D eigenvalue weighted by atomic mass is 19.4. The number of benzene rings is 1. The van der Waals surface area contributed by atoms with Gasteiger partial charge in [-0.1, -0.05) is 35.9 Å². The van der Waals surface area contributed by atoms with Crippen LogP contribution >= 0.6 is 0 Å². The highest BCUT2D eigenvalue weighted by molar-refractivity contribution is 5.78. The molecule has 1 aromatic carbocycles. The first-order valence-electron chi connectivity index (χ1n) is 9.49. The summed E-state index contributed by atoms with van der Waals surface area (Å²) in [7, 11) is 0. The third-order valence-electron chi connectivity index (χ3n) is 4.88. The summed E-state index contributed by atoms with van der Waals surface area (Å²) in [6.45, 7) is 1.92. The lowest BCUT2D eigenvalue weighted by Gasteiger charge is -2.06. The van der Waals surface area contributed by atoms with E-state index in [2.05, 4.69) is 15.1 Å². The summed E-state index contributed by atoms with van der Waals surface area (Å²) < 4.78 is 46.9. The number of pyridine rings is 2. The lowest BCUT2D eigenvalue weighted by atomic mass is 10.1. The number of aromatic nitrogens is 5. The summed E-state index contributed by atoms with van der Waals surface area (Å²) in [5.41, 5.74) is 0.311. The van der Waals surface area contributed by atoms with Gasteiger partial charge in [-0.2, -0.15) is 27.9 Å². The summed E-state index contributed by atoms with van der Waals surface area (Å²) in [4.78, 5) is 21.6. The molecule has 0 spiro atoms. The van der Waals surface area contributed by atoms with Gasteiger partial charge in [0.1, 0.15) is 5.52 Å². The Morgan fingerprint density at radius 2 is 1.78 bits per heavy atom. The van der Waals surface area contributed by atoms with Gasteiger partial charge in [-0.05, 0) is 25.1 Å². The van der Waals surface area contributed by atoms with Gasteiger partial charge in [0.2, 0.25) is 0 Å². The molecule has 0 radical (unpaired) electrons. The van der Waals surface area contributed by atoms with Gasteiger partial charge < -0.3 is 4.42 Å². The fourth-order valence-electron chi connectivity index (χ4n) is 3.27. The molecule has 0 fully saturated rings. The zero-order chi connectivity index (χ0) is 22.5. The third kappa shape index (κ3) is 3.35. The van der Waals surface area contributed by atoms with Crippen molar-refractivity contribution >= 4 is 10.9 Å². The van der Waals surface area contributed by atoms with Crippen molar-refractivity contribution in [3.8, 4) is 23.2 Å². The average Bonchev–Trinajstić information content (AvgIpc) is 3.42. The van der Waals surface area contributed by atoms with E-state index >= 15 is 0 Å². The molecule has 5 rings (SSSR count). The maximum absolute atomic E-state index is 13.1. The normalized spacial score (nSPS) is 11.9. The maximum Gasteiger partial charge on any atom is 0.435 e. The van der Waals surface area contributed by atoms with Gasteiger partial charge in [-0.25, -0.2) is 0 Å². The number of nitrogens with zero attached hydrogens (tertiary/aromatic N) is 5. The molecule has 0 aliphatic rings. The molecule has 0 aliphatic heterocycles. The van der Waals surface area contributed by atoms with Crippen LogP contribution in [0.2, 0.25) is 0 Å². The van der Waals surface area contributed by atoms with Gasteiger partial charge >= 0.3 is 12.2 Å². The van der Waals surface area contributed by atoms with Crippen LogP contribution in [0, 0.1) is 6.92 Å². The Morgan fingerprint density at radius 3 is 2.50 bits per heavy atom. The van der Waals surface area contributed by atoms with Crippen LogP contribution in [-0.4, -0.2) is 24.3 Å². The van der Waals surface area contributed by atoms with Crippen LogP contribution in [0.15, 0.2) is 76.3 Å². The SMILES string of the molecule is Cc1ccc(-c2oc(-n3ccc(C(F)(F)F)n3)nc2-n2ccc3cccnc3c2=O)cc1. The number of alkyl halides is 3. The lowest BCUT2D eigenvalue weighted by molar-refractivity contribution is -0.141. The fraction of sp³-hybridized carbons (Fsp3) is 0.0909. The quantitative estimate of drug-likeness (QED) is 0.414. The molecule has 0 amide bonds. The predicted molar refractivity (Wildman–Crippen MR) is 110 cm³/mol. The average molecular weight is 437 g/mol. The monoisotopic (exact) mass is 437 g/mol. The van der Waals surface area contributed by atoms with E-state index in [4.69, 9.17) is 4.42 Å². The number of hydrogen-bond donors (Lipinski definition) is 0. The van der Waals surface area contributed by atoms with Crippen LogP contribution in [0.5, 0.6) is 0 Å². The van der Waals surface area contributed by atoms with Crippen LogP contribution in [0.3, 0.4) is 0 Å². The van der Waals surface area contributed by atoms with E-state index in [-0.39, 0.29) is 23.1 Å². The van der Waals surface area contributed by atoms with Crippen molar-refractivity contribution in [1.29, 1.82) is 0 Å². The molecule has 0 bridgehead atoms. The number of halogens is 3. The predicted octanol–water partition coefficient (Wildman–Crippen LogP) is 4.55. The largest absolute Gasteiger partial charge is 0.435 e. The van der Waals surface area contributed by atoms with Crippen LogP contribution in [0.1, 0.15) is 11.3 Å².